The van der Waals surface area contributed by atoms with Crippen LogP contribution in [0.5, 0.6) is 0 Å². The average molecular weight is 472 g/mol. The maximum Gasteiger partial charge on any atom is 0.336 e. The molecule has 0 amide bonds. The van der Waals surface area contributed by atoms with Gasteiger partial charge in [0.05, 0.1) is 49.7 Å². The molecule has 11 nitrogen and oxygen atoms in total. The number of hydrogen-bond acceptors (Lipinski definition) is 9. The molecule has 0 radical (unpaired) electrons. The molecule has 12 heteroatoms. The van der Waals surface area contributed by atoms with Crippen molar-refractivity contribution in [2.24, 2.45) is 5.73 Å². The Bertz CT molecular complexity index is 897. The number of nitrogens with one attached hydrogen (secondary N) is 1. The molecule has 1 aromatic rings. The van der Waals surface area contributed by atoms with E-state index < -0.39 is 22.9 Å². The fourth-order valence-electron chi connectivity index (χ4n) is 3.12. The molecule has 0 saturated carbocycles. The molecule has 32 heavy (non-hydrogen) atoms. The average Bonchev–Trinajstić information content (AvgIpc) is 2.73. The number of halogens is 1. The summed E-state index contributed by atoms with van der Waals surface area (Å²) >= 11 is 6.42. The van der Waals surface area contributed by atoms with Crippen LogP contribution in [0.15, 0.2) is 46.8 Å². The third-order valence-corrected chi connectivity index (χ3v) is 4.61. The zero-order chi connectivity index (χ0) is 24.3. The molecule has 0 aliphatic carbocycles. The zero-order valence-corrected chi connectivity index (χ0v) is 18.7. The highest BCUT2D eigenvalue weighted by Gasteiger charge is 2.39. The number of allylic oxidation sites excluding steroid dienone is 1. The van der Waals surface area contributed by atoms with Crippen molar-refractivity contribution in [3.8, 4) is 0 Å². The summed E-state index contributed by atoms with van der Waals surface area (Å²) in [6, 6.07) is 7.05. The molecule has 0 fully saturated rings. The fourth-order valence-corrected chi connectivity index (χ4v) is 3.36. The summed E-state index contributed by atoms with van der Waals surface area (Å²) in [5.74, 6) is -1.86. The lowest BCUT2D eigenvalue weighted by Crippen LogP contribution is -2.35. The number of dihydropyridines is 1. The van der Waals surface area contributed by atoms with Gasteiger partial charge in [0.2, 0.25) is 0 Å². The van der Waals surface area contributed by atoms with Crippen LogP contribution in [0, 0.1) is 10.1 Å². The molecule has 1 aromatic carbocycles. The lowest BCUT2D eigenvalue weighted by atomic mass is 9.80. The number of esters is 2. The molecule has 4 N–H and O–H groups in total. The van der Waals surface area contributed by atoms with Crippen LogP contribution in [-0.2, 0) is 23.8 Å². The van der Waals surface area contributed by atoms with Gasteiger partial charge in [-0.15, -0.1) is 10.1 Å². The van der Waals surface area contributed by atoms with E-state index in [1.807, 2.05) is 0 Å². The molecular weight excluding hydrogens is 446 g/mol. The Morgan fingerprint density at radius 3 is 2.44 bits per heavy atom. The largest absolute Gasteiger partial charge is 0.466 e. The highest BCUT2D eigenvalue weighted by molar-refractivity contribution is 6.31. The van der Waals surface area contributed by atoms with Gasteiger partial charge in [-0.3, -0.25) is 0 Å². The number of benzene rings is 1. The normalized spacial score (nSPS) is 15.3. The molecule has 1 aliphatic rings. The summed E-state index contributed by atoms with van der Waals surface area (Å²) in [5, 5.41) is 17.2. The number of rotatable bonds is 8. The summed E-state index contributed by atoms with van der Waals surface area (Å²) in [5.41, 5.74) is 7.70. The van der Waals surface area contributed by atoms with Gasteiger partial charge in [-0.2, -0.15) is 0 Å². The number of hydrogen-bond donors (Lipinski definition) is 3. The van der Waals surface area contributed by atoms with Gasteiger partial charge in [-0.05, 0) is 25.5 Å². The molecule has 1 unspecified atom stereocenters. The second kappa shape index (κ2) is 13.3. The molecule has 1 aliphatic heterocycles. The fraction of sp³-hybridized carbons (Fsp3) is 0.400. The minimum Gasteiger partial charge on any atom is -0.466 e. The number of ether oxygens (including phenoxy) is 3. The molecule has 1 atom stereocenters. The molecule has 176 valence electrons. The van der Waals surface area contributed by atoms with Gasteiger partial charge >= 0.3 is 11.9 Å². The van der Waals surface area contributed by atoms with Crippen LogP contribution in [0.25, 0.3) is 0 Å². The highest BCUT2D eigenvalue weighted by atomic mass is 35.5. The van der Waals surface area contributed by atoms with Crippen molar-refractivity contribution in [3.63, 3.8) is 0 Å². The standard InChI is InChI=1S/C20H25ClN2O5.HNO3/c1-4-28-20(25)18-15(11-27-10-9-22)23-12(2)16(19(24)26-3)17(18)13-7-5-6-8-14(13)21;2-1(3)4/h5-8,17,23H,4,9-11,22H2,1-3H3;(H,2,3,4). The van der Waals surface area contributed by atoms with Crippen LogP contribution in [0.3, 0.4) is 0 Å². The van der Waals surface area contributed by atoms with E-state index in [9.17, 15) is 9.59 Å². The Morgan fingerprint density at radius 2 is 1.91 bits per heavy atom. The SMILES string of the molecule is CCOC(=O)C1=C(COCCN)NC(C)=C(C(=O)OC)C1c1ccccc1Cl.O=[N+]([O-])O. The van der Waals surface area contributed by atoms with Crippen molar-refractivity contribution in [1.82, 2.24) is 5.32 Å². The smallest absolute Gasteiger partial charge is 0.336 e. The van der Waals surface area contributed by atoms with Crippen LogP contribution in [0.2, 0.25) is 5.02 Å². The number of carbonyl (C=O) groups excluding carboxylic acids is 2. The monoisotopic (exact) mass is 471 g/mol. The van der Waals surface area contributed by atoms with Crippen molar-refractivity contribution in [1.29, 1.82) is 0 Å². The third kappa shape index (κ3) is 7.22. The summed E-state index contributed by atoms with van der Waals surface area (Å²) < 4.78 is 15.8. The van der Waals surface area contributed by atoms with E-state index >= 15 is 0 Å². The Hall–Kier alpha value is -3.15. The van der Waals surface area contributed by atoms with Crippen molar-refractivity contribution in [2.45, 2.75) is 19.8 Å². The van der Waals surface area contributed by atoms with Gasteiger partial charge < -0.3 is 30.5 Å². The molecular formula is C20H26ClN3O8. The van der Waals surface area contributed by atoms with Crippen molar-refractivity contribution < 1.29 is 34.1 Å². The Kier molecular flexibility index (Phi) is 11.2. The zero-order valence-electron chi connectivity index (χ0n) is 17.9. The van der Waals surface area contributed by atoms with E-state index in [2.05, 4.69) is 5.32 Å². The van der Waals surface area contributed by atoms with Gasteiger partial charge in [-0.25, -0.2) is 9.59 Å². The quantitative estimate of drug-likeness (QED) is 0.221. The lowest BCUT2D eigenvalue weighted by Gasteiger charge is -2.31. The van der Waals surface area contributed by atoms with Crippen molar-refractivity contribution >= 4 is 23.5 Å². The Morgan fingerprint density at radius 1 is 1.28 bits per heavy atom. The van der Waals surface area contributed by atoms with Gasteiger partial charge in [-0.1, -0.05) is 29.8 Å². The molecule has 1 heterocycles. The van der Waals surface area contributed by atoms with E-state index in [0.717, 1.165) is 0 Å². The number of methoxy groups -OCH3 is 1. The van der Waals surface area contributed by atoms with Crippen molar-refractivity contribution in [2.75, 3.05) is 33.5 Å². The van der Waals surface area contributed by atoms with E-state index in [-0.39, 0.29) is 18.8 Å². The molecule has 0 bridgehead atoms. The first-order chi connectivity index (χ1) is 15.2. The summed E-state index contributed by atoms with van der Waals surface area (Å²) in [7, 11) is 1.29. The first-order valence-corrected chi connectivity index (χ1v) is 9.89. The second-order valence-electron chi connectivity index (χ2n) is 6.30. The minimum absolute atomic E-state index is 0.109. The van der Waals surface area contributed by atoms with Gasteiger partial charge in [0.15, 0.2) is 0 Å². The third-order valence-electron chi connectivity index (χ3n) is 4.27. The van der Waals surface area contributed by atoms with Crippen LogP contribution in [0.4, 0.5) is 0 Å². The van der Waals surface area contributed by atoms with Gasteiger partial charge in [0, 0.05) is 17.3 Å². The molecule has 2 rings (SSSR count). The number of carbonyl (C=O) groups is 2. The Balaban J connectivity index is 0.00000118. The molecule has 0 spiro atoms. The predicted molar refractivity (Wildman–Crippen MR) is 114 cm³/mol. The molecule has 0 saturated heterocycles. The predicted octanol–water partition coefficient (Wildman–Crippen LogP) is 1.92. The van der Waals surface area contributed by atoms with Crippen LogP contribution < -0.4 is 11.1 Å². The lowest BCUT2D eigenvalue weighted by molar-refractivity contribution is -0.742. The van der Waals surface area contributed by atoms with Crippen LogP contribution >= 0.6 is 11.6 Å². The van der Waals surface area contributed by atoms with E-state index in [4.69, 9.17) is 46.9 Å². The maximum atomic E-state index is 12.9. The van der Waals surface area contributed by atoms with Crippen molar-refractivity contribution in [3.05, 3.63) is 67.5 Å². The maximum absolute atomic E-state index is 12.9. The van der Waals surface area contributed by atoms with Crippen LogP contribution in [0.1, 0.15) is 25.3 Å². The second-order valence-corrected chi connectivity index (χ2v) is 6.71. The highest BCUT2D eigenvalue weighted by Crippen LogP contribution is 2.41. The first kappa shape index (κ1) is 26.9. The minimum atomic E-state index is -1.50. The number of nitrogens with two attached hydrogens (primary N) is 1. The summed E-state index contributed by atoms with van der Waals surface area (Å²) in [6.45, 7) is 4.42. The number of nitrogens with zero attached hydrogens (tertiary/aromatic N) is 1. The topological polar surface area (TPSA) is 163 Å². The van der Waals surface area contributed by atoms with Gasteiger partial charge in [0.25, 0.3) is 5.09 Å². The first-order valence-electron chi connectivity index (χ1n) is 9.51. The molecule has 0 aromatic heterocycles. The Labute approximate surface area is 189 Å². The van der Waals surface area contributed by atoms with E-state index in [1.54, 1.807) is 38.1 Å². The van der Waals surface area contributed by atoms with Crippen LogP contribution in [-0.4, -0.2) is 55.7 Å². The van der Waals surface area contributed by atoms with Gasteiger partial charge in [0.1, 0.15) is 0 Å². The summed E-state index contributed by atoms with van der Waals surface area (Å²) in [6.07, 6.45) is 0. The van der Waals surface area contributed by atoms with E-state index in [1.165, 1.54) is 7.11 Å². The summed E-state index contributed by atoms with van der Waals surface area (Å²) in [4.78, 5) is 33.8. The van der Waals surface area contributed by atoms with E-state index in [0.29, 0.717) is 40.7 Å².